The minimum atomic E-state index is -3.44. The lowest BCUT2D eigenvalue weighted by atomic mass is 10.1. The molecule has 158 valence electrons. The monoisotopic (exact) mass is 433 g/mol. The molecule has 11 heteroatoms. The van der Waals surface area contributed by atoms with Gasteiger partial charge in [0.1, 0.15) is 18.1 Å². The maximum atomic E-state index is 13.2. The molecule has 2 aromatic heterocycles. The number of nitrogens with one attached hydrogen (secondary N) is 1. The second-order valence-corrected chi connectivity index (χ2v) is 8.43. The molecule has 0 bridgehead atoms. The third kappa shape index (κ3) is 5.38. The molecule has 0 fully saturated rings. The van der Waals surface area contributed by atoms with Crippen molar-refractivity contribution in [2.75, 3.05) is 11.0 Å². The molecule has 0 aliphatic rings. The van der Waals surface area contributed by atoms with E-state index in [-0.39, 0.29) is 13.0 Å². The van der Waals surface area contributed by atoms with E-state index in [2.05, 4.69) is 20.0 Å². The van der Waals surface area contributed by atoms with Gasteiger partial charge < -0.3 is 4.74 Å². The van der Waals surface area contributed by atoms with Crippen LogP contribution in [0.2, 0.25) is 0 Å². The van der Waals surface area contributed by atoms with Gasteiger partial charge in [0.25, 0.3) is 0 Å². The van der Waals surface area contributed by atoms with Gasteiger partial charge in [-0.2, -0.15) is 0 Å². The highest BCUT2D eigenvalue weighted by molar-refractivity contribution is 7.92. The van der Waals surface area contributed by atoms with Crippen molar-refractivity contribution < 1.29 is 22.3 Å². The van der Waals surface area contributed by atoms with Crippen molar-refractivity contribution in [3.05, 3.63) is 59.2 Å². The van der Waals surface area contributed by atoms with Gasteiger partial charge in [0.15, 0.2) is 0 Å². The van der Waals surface area contributed by atoms with Gasteiger partial charge in [-0.05, 0) is 36.8 Å². The fraction of sp³-hybridized carbons (Fsp3) is 0.263. The molecule has 1 aromatic carbocycles. The molecule has 1 N–H and O–H groups in total. The van der Waals surface area contributed by atoms with Gasteiger partial charge in [-0.25, -0.2) is 17.8 Å². The molecule has 0 aliphatic carbocycles. The van der Waals surface area contributed by atoms with Gasteiger partial charge in [0.2, 0.25) is 10.0 Å². The number of benzene rings is 1. The van der Waals surface area contributed by atoms with Crippen molar-refractivity contribution in [2.24, 2.45) is 7.05 Å². The van der Waals surface area contributed by atoms with Gasteiger partial charge in [0, 0.05) is 7.05 Å². The van der Waals surface area contributed by atoms with Gasteiger partial charge in [0.05, 0.1) is 35.4 Å². The summed E-state index contributed by atoms with van der Waals surface area (Å²) in [4.78, 5) is 16.7. The van der Waals surface area contributed by atoms with Gasteiger partial charge in [-0.1, -0.05) is 17.3 Å². The Kier molecular flexibility index (Phi) is 6.11. The molecule has 9 nitrogen and oxygen atoms in total. The summed E-state index contributed by atoms with van der Waals surface area (Å²) in [6, 6.07) is 8.96. The molecule has 0 unspecified atom stereocenters. The predicted molar refractivity (Wildman–Crippen MR) is 107 cm³/mol. The van der Waals surface area contributed by atoms with Crippen LogP contribution in [-0.2, 0) is 39.6 Å². The van der Waals surface area contributed by atoms with E-state index < -0.39 is 21.8 Å². The lowest BCUT2D eigenvalue weighted by Gasteiger charge is -2.09. The molecule has 0 amide bonds. The van der Waals surface area contributed by atoms with Crippen molar-refractivity contribution in [1.82, 2.24) is 20.0 Å². The summed E-state index contributed by atoms with van der Waals surface area (Å²) < 4.78 is 45.2. The van der Waals surface area contributed by atoms with Crippen molar-refractivity contribution in [3.8, 4) is 11.4 Å². The molecule has 30 heavy (non-hydrogen) atoms. The second kappa shape index (κ2) is 8.57. The molecule has 3 rings (SSSR count). The normalized spacial score (nSPS) is 11.3. The average Bonchev–Trinajstić information content (AvgIpc) is 3.01. The Hall–Kier alpha value is -3.34. The fourth-order valence-electron chi connectivity index (χ4n) is 2.75. The van der Waals surface area contributed by atoms with E-state index in [1.165, 1.54) is 22.9 Å². The van der Waals surface area contributed by atoms with Crippen LogP contribution in [0, 0.1) is 12.7 Å². The average molecular weight is 433 g/mol. The van der Waals surface area contributed by atoms with Gasteiger partial charge in [-0.15, -0.1) is 5.10 Å². The van der Waals surface area contributed by atoms with Crippen molar-refractivity contribution >= 4 is 21.7 Å². The zero-order valence-electron chi connectivity index (χ0n) is 16.6. The number of ether oxygens (including phenoxy) is 1. The van der Waals surface area contributed by atoms with Crippen LogP contribution in [0.25, 0.3) is 11.4 Å². The van der Waals surface area contributed by atoms with E-state index >= 15 is 0 Å². The maximum absolute atomic E-state index is 13.2. The fourth-order valence-corrected chi connectivity index (χ4v) is 3.37. The standard InChI is InChI=1S/C19H20FN5O4S/c1-12-15(23-30(3,27)28)7-8-16(21-12)19-17(25(2)24-22-19)10-18(26)29-11-13-5-4-6-14(20)9-13/h4-9,23H,10-11H2,1-3H3. The molecule has 3 aromatic rings. The number of carbonyl (C=O) groups excluding carboxylic acids is 1. The zero-order chi connectivity index (χ0) is 21.9. The molecular formula is C19H20FN5O4S. The lowest BCUT2D eigenvalue weighted by Crippen LogP contribution is -2.13. The molecule has 0 aliphatic heterocycles. The highest BCUT2D eigenvalue weighted by Gasteiger charge is 2.19. The predicted octanol–water partition coefficient (Wildman–Crippen LogP) is 1.98. The number of hydrogen-bond donors (Lipinski definition) is 1. The Morgan fingerprint density at radius 1 is 1.27 bits per heavy atom. The number of anilines is 1. The SMILES string of the molecule is Cc1nc(-c2nnn(C)c2CC(=O)OCc2cccc(F)c2)ccc1NS(C)(=O)=O. The number of sulfonamides is 1. The topological polar surface area (TPSA) is 116 Å². The number of rotatable bonds is 7. The first-order valence-electron chi connectivity index (χ1n) is 8.87. The Balaban J connectivity index is 1.76. The van der Waals surface area contributed by atoms with Gasteiger partial charge in [-0.3, -0.25) is 14.2 Å². The molecular weight excluding hydrogens is 413 g/mol. The number of carbonyl (C=O) groups is 1. The molecule has 0 spiro atoms. The van der Waals surface area contributed by atoms with E-state index in [4.69, 9.17) is 4.74 Å². The van der Waals surface area contributed by atoms with E-state index in [0.717, 1.165) is 6.26 Å². The highest BCUT2D eigenvalue weighted by Crippen LogP contribution is 2.23. The van der Waals surface area contributed by atoms with Crippen LogP contribution in [0.1, 0.15) is 17.0 Å². The summed E-state index contributed by atoms with van der Waals surface area (Å²) in [6.07, 6.45) is 0.939. The Labute approximate surface area is 173 Å². The van der Waals surface area contributed by atoms with Crippen LogP contribution in [0.5, 0.6) is 0 Å². The summed E-state index contributed by atoms with van der Waals surface area (Å²) in [7, 11) is -1.80. The van der Waals surface area contributed by atoms with Crippen LogP contribution >= 0.6 is 0 Å². The van der Waals surface area contributed by atoms with Crippen molar-refractivity contribution in [3.63, 3.8) is 0 Å². The van der Waals surface area contributed by atoms with Gasteiger partial charge >= 0.3 is 5.97 Å². The molecule has 0 saturated heterocycles. The zero-order valence-corrected chi connectivity index (χ0v) is 17.4. The smallest absolute Gasteiger partial charge is 0.312 e. The molecule has 0 saturated carbocycles. The Morgan fingerprint density at radius 2 is 2.03 bits per heavy atom. The summed E-state index contributed by atoms with van der Waals surface area (Å²) >= 11 is 0. The maximum Gasteiger partial charge on any atom is 0.312 e. The lowest BCUT2D eigenvalue weighted by molar-refractivity contribution is -0.144. The number of hydrogen-bond acceptors (Lipinski definition) is 7. The third-order valence-electron chi connectivity index (χ3n) is 4.17. The van der Waals surface area contributed by atoms with Crippen LogP contribution in [-0.4, -0.2) is 40.6 Å². The number of aromatic nitrogens is 4. The van der Waals surface area contributed by atoms with E-state index in [9.17, 15) is 17.6 Å². The minimum Gasteiger partial charge on any atom is -0.461 e. The minimum absolute atomic E-state index is 0.0551. The van der Waals surface area contributed by atoms with Crippen LogP contribution in [0.15, 0.2) is 36.4 Å². The van der Waals surface area contributed by atoms with Crippen LogP contribution in [0.3, 0.4) is 0 Å². The Bertz CT molecular complexity index is 1190. The largest absolute Gasteiger partial charge is 0.461 e. The second-order valence-electron chi connectivity index (χ2n) is 6.68. The number of pyridine rings is 1. The molecule has 0 radical (unpaired) electrons. The number of nitrogens with zero attached hydrogens (tertiary/aromatic N) is 4. The van der Waals surface area contributed by atoms with Crippen molar-refractivity contribution in [2.45, 2.75) is 20.0 Å². The Morgan fingerprint density at radius 3 is 2.70 bits per heavy atom. The van der Waals surface area contributed by atoms with E-state index in [1.807, 2.05) is 0 Å². The number of aryl methyl sites for hydroxylation is 2. The molecule has 2 heterocycles. The first-order valence-corrected chi connectivity index (χ1v) is 10.8. The van der Waals surface area contributed by atoms with E-state index in [0.29, 0.717) is 34.0 Å². The molecule has 0 atom stereocenters. The number of esters is 1. The first kappa shape index (κ1) is 21.4. The highest BCUT2D eigenvalue weighted by atomic mass is 32.2. The summed E-state index contributed by atoms with van der Waals surface area (Å²) in [5.41, 5.74) is 2.64. The summed E-state index contributed by atoms with van der Waals surface area (Å²) in [5, 5.41) is 8.01. The van der Waals surface area contributed by atoms with Crippen LogP contribution < -0.4 is 4.72 Å². The quantitative estimate of drug-likeness (QED) is 0.566. The van der Waals surface area contributed by atoms with Crippen LogP contribution in [0.4, 0.5) is 10.1 Å². The summed E-state index contributed by atoms with van der Waals surface area (Å²) in [6.45, 7) is 1.60. The van der Waals surface area contributed by atoms with E-state index in [1.54, 1.807) is 32.2 Å². The summed E-state index contributed by atoms with van der Waals surface area (Å²) in [5.74, 6) is -0.935. The first-order chi connectivity index (χ1) is 14.1. The number of halogens is 1. The van der Waals surface area contributed by atoms with Crippen molar-refractivity contribution in [1.29, 1.82) is 0 Å². The third-order valence-corrected chi connectivity index (χ3v) is 4.76.